The number of benzene rings is 1. The second-order valence-corrected chi connectivity index (χ2v) is 8.57. The third kappa shape index (κ3) is 5.63. The van der Waals surface area contributed by atoms with Gasteiger partial charge in [0.05, 0.1) is 12.0 Å². The van der Waals surface area contributed by atoms with E-state index in [9.17, 15) is 23.1 Å². The molecule has 0 saturated carbocycles. The number of aromatic hydroxyl groups is 1. The number of hydrogen-bond donors (Lipinski definition) is 3. The Morgan fingerprint density at radius 1 is 1.28 bits per heavy atom. The van der Waals surface area contributed by atoms with E-state index in [4.69, 9.17) is 0 Å². The molecule has 1 saturated heterocycles. The number of carbonyl (C=O) groups is 1. The number of amides is 1. The highest BCUT2D eigenvalue weighted by Gasteiger charge is 2.41. The van der Waals surface area contributed by atoms with Crippen LogP contribution >= 0.6 is 0 Å². The lowest BCUT2D eigenvalue weighted by Crippen LogP contribution is -2.55. The Morgan fingerprint density at radius 2 is 1.97 bits per heavy atom. The van der Waals surface area contributed by atoms with Crippen LogP contribution in [0.4, 0.5) is 13.2 Å². The summed E-state index contributed by atoms with van der Waals surface area (Å²) in [6.07, 6.45) is -3.33. The number of phenols is 1. The maximum absolute atomic E-state index is 12.9. The number of nitrogens with one attached hydrogen (secondary N) is 2. The smallest absolute Gasteiger partial charge is 0.391 e. The molecule has 5 nitrogen and oxygen atoms in total. The Hall–Kier alpha value is -1.80. The molecule has 1 aromatic carbocycles. The number of halogens is 3. The van der Waals surface area contributed by atoms with Crippen LogP contribution in [-0.2, 0) is 17.8 Å². The van der Waals surface area contributed by atoms with Crippen LogP contribution in [0.5, 0.6) is 5.75 Å². The Balaban J connectivity index is 1.54. The molecule has 0 bridgehead atoms. The SMILES string of the molecule is CC(C)C(CN1CCC(C(F)(F)F)CC1)NC(=O)[C@H]1Cc2ccc(O)cc2CN1. The Morgan fingerprint density at radius 3 is 2.59 bits per heavy atom. The van der Waals surface area contributed by atoms with E-state index in [0.29, 0.717) is 32.6 Å². The van der Waals surface area contributed by atoms with Crippen LogP contribution in [0.3, 0.4) is 0 Å². The summed E-state index contributed by atoms with van der Waals surface area (Å²) in [5.74, 6) is -0.917. The van der Waals surface area contributed by atoms with Gasteiger partial charge >= 0.3 is 6.18 Å². The van der Waals surface area contributed by atoms with Gasteiger partial charge in [-0.3, -0.25) is 4.79 Å². The van der Waals surface area contributed by atoms with Gasteiger partial charge in [-0.05, 0) is 61.5 Å². The van der Waals surface area contributed by atoms with E-state index >= 15 is 0 Å². The van der Waals surface area contributed by atoms with Crippen LogP contribution in [0, 0.1) is 11.8 Å². The number of rotatable bonds is 5. The fourth-order valence-electron chi connectivity index (χ4n) is 4.11. The maximum Gasteiger partial charge on any atom is 0.391 e. The van der Waals surface area contributed by atoms with Crippen molar-refractivity contribution in [1.82, 2.24) is 15.5 Å². The molecule has 0 aromatic heterocycles. The first-order valence-electron chi connectivity index (χ1n) is 10.3. The summed E-state index contributed by atoms with van der Waals surface area (Å²) in [5, 5.41) is 15.9. The van der Waals surface area contributed by atoms with Gasteiger partial charge in [0.1, 0.15) is 5.75 Å². The van der Waals surface area contributed by atoms with Gasteiger partial charge < -0.3 is 20.6 Å². The van der Waals surface area contributed by atoms with Crippen molar-refractivity contribution in [2.24, 2.45) is 11.8 Å². The van der Waals surface area contributed by atoms with Crippen molar-refractivity contribution < 1.29 is 23.1 Å². The van der Waals surface area contributed by atoms with Crippen molar-refractivity contribution >= 4 is 5.91 Å². The predicted molar refractivity (Wildman–Crippen MR) is 104 cm³/mol. The van der Waals surface area contributed by atoms with Crippen LogP contribution in [0.15, 0.2) is 18.2 Å². The summed E-state index contributed by atoms with van der Waals surface area (Å²) in [5.41, 5.74) is 2.03. The van der Waals surface area contributed by atoms with Crippen molar-refractivity contribution in [3.05, 3.63) is 29.3 Å². The number of hydrogen-bond acceptors (Lipinski definition) is 4. The summed E-state index contributed by atoms with van der Waals surface area (Å²) >= 11 is 0. The van der Waals surface area contributed by atoms with E-state index < -0.39 is 12.1 Å². The quantitative estimate of drug-likeness (QED) is 0.695. The van der Waals surface area contributed by atoms with E-state index in [-0.39, 0.29) is 42.5 Å². The first-order valence-corrected chi connectivity index (χ1v) is 10.3. The van der Waals surface area contributed by atoms with Crippen molar-refractivity contribution in [1.29, 1.82) is 0 Å². The first kappa shape index (κ1) is 21.9. The molecular weight excluding hydrogens is 383 g/mol. The molecule has 1 aromatic rings. The summed E-state index contributed by atoms with van der Waals surface area (Å²) in [6.45, 7) is 5.91. The molecule has 1 unspecified atom stereocenters. The van der Waals surface area contributed by atoms with E-state index in [1.807, 2.05) is 24.8 Å². The molecule has 162 valence electrons. The van der Waals surface area contributed by atoms with Crippen LogP contribution in [-0.4, -0.2) is 53.8 Å². The van der Waals surface area contributed by atoms with Crippen LogP contribution in [0.25, 0.3) is 0 Å². The molecule has 2 aliphatic heterocycles. The molecule has 2 aliphatic rings. The second-order valence-electron chi connectivity index (χ2n) is 8.57. The van der Waals surface area contributed by atoms with Gasteiger partial charge in [-0.25, -0.2) is 0 Å². The van der Waals surface area contributed by atoms with Crippen molar-refractivity contribution in [3.8, 4) is 5.75 Å². The van der Waals surface area contributed by atoms with Gasteiger partial charge in [-0.15, -0.1) is 0 Å². The highest BCUT2D eigenvalue weighted by Crippen LogP contribution is 2.34. The monoisotopic (exact) mass is 413 g/mol. The van der Waals surface area contributed by atoms with Gasteiger partial charge in [0.25, 0.3) is 0 Å². The lowest BCUT2D eigenvalue weighted by Gasteiger charge is -2.36. The lowest BCUT2D eigenvalue weighted by molar-refractivity contribution is -0.185. The number of likely N-dealkylation sites (tertiary alicyclic amines) is 1. The largest absolute Gasteiger partial charge is 0.508 e. The average Bonchev–Trinajstić information content (AvgIpc) is 2.66. The molecule has 2 atom stereocenters. The molecule has 29 heavy (non-hydrogen) atoms. The number of nitrogens with zero attached hydrogens (tertiary/aromatic N) is 1. The third-order valence-electron chi connectivity index (χ3n) is 6.11. The average molecular weight is 413 g/mol. The van der Waals surface area contributed by atoms with Crippen molar-refractivity contribution in [3.63, 3.8) is 0 Å². The fourth-order valence-corrected chi connectivity index (χ4v) is 4.11. The summed E-state index contributed by atoms with van der Waals surface area (Å²) < 4.78 is 38.6. The molecule has 1 amide bonds. The molecule has 3 N–H and O–H groups in total. The molecule has 0 aliphatic carbocycles. The fraction of sp³-hybridized carbons (Fsp3) is 0.667. The van der Waals surface area contributed by atoms with Gasteiger partial charge in [-0.2, -0.15) is 13.2 Å². The minimum atomic E-state index is -4.11. The summed E-state index contributed by atoms with van der Waals surface area (Å²) in [4.78, 5) is 14.9. The van der Waals surface area contributed by atoms with E-state index in [2.05, 4.69) is 10.6 Å². The van der Waals surface area contributed by atoms with Gasteiger partial charge in [0.2, 0.25) is 5.91 Å². The van der Waals surface area contributed by atoms with Crippen LogP contribution in [0.1, 0.15) is 37.8 Å². The van der Waals surface area contributed by atoms with Crippen LogP contribution in [0.2, 0.25) is 0 Å². The topological polar surface area (TPSA) is 64.6 Å². The first-order chi connectivity index (χ1) is 13.6. The molecule has 1 fully saturated rings. The van der Waals surface area contributed by atoms with Crippen molar-refractivity contribution in [2.75, 3.05) is 19.6 Å². The number of phenolic OH excluding ortho intramolecular Hbond substituents is 1. The highest BCUT2D eigenvalue weighted by molar-refractivity contribution is 5.82. The zero-order valence-corrected chi connectivity index (χ0v) is 16.9. The number of alkyl halides is 3. The summed E-state index contributed by atoms with van der Waals surface area (Å²) in [6, 6.07) is 4.70. The van der Waals surface area contributed by atoms with Crippen LogP contribution < -0.4 is 10.6 Å². The number of carbonyl (C=O) groups excluding carboxylic acids is 1. The Bertz CT molecular complexity index is 716. The van der Waals surface area contributed by atoms with Gasteiger partial charge in [0.15, 0.2) is 0 Å². The van der Waals surface area contributed by atoms with Gasteiger partial charge in [-0.1, -0.05) is 19.9 Å². The minimum absolute atomic E-state index is 0.0902. The Labute approximate surface area is 169 Å². The zero-order valence-electron chi connectivity index (χ0n) is 16.9. The number of fused-ring (bicyclic) bond motifs is 1. The molecule has 0 radical (unpaired) electrons. The molecule has 2 heterocycles. The zero-order chi connectivity index (χ0) is 21.2. The predicted octanol–water partition coefficient (Wildman–Crippen LogP) is 2.82. The summed E-state index contributed by atoms with van der Waals surface area (Å²) in [7, 11) is 0. The van der Waals surface area contributed by atoms with E-state index in [0.717, 1.165) is 11.1 Å². The molecule has 8 heteroatoms. The standard InChI is InChI=1S/C21H30F3N3O2/c1-13(2)19(12-27-7-5-16(6-8-27)21(22,23)24)26-20(29)18-10-14-3-4-17(28)9-15(14)11-25-18/h3-4,9,13,16,18-19,25,28H,5-8,10-12H2,1-2H3,(H,26,29)/t18-,19?/m1/s1. The third-order valence-corrected chi connectivity index (χ3v) is 6.11. The second kappa shape index (κ2) is 8.92. The van der Waals surface area contributed by atoms with Crippen molar-refractivity contribution in [2.45, 2.75) is 57.9 Å². The lowest BCUT2D eigenvalue weighted by atomic mass is 9.93. The Kier molecular flexibility index (Phi) is 6.73. The maximum atomic E-state index is 12.9. The molecular formula is C21H30F3N3O2. The molecule has 0 spiro atoms. The highest BCUT2D eigenvalue weighted by atomic mass is 19.4. The normalized spacial score (nSPS) is 22.3. The molecule has 3 rings (SSSR count). The van der Waals surface area contributed by atoms with E-state index in [1.54, 1.807) is 12.1 Å². The van der Waals surface area contributed by atoms with Gasteiger partial charge in [0, 0.05) is 19.1 Å². The van der Waals surface area contributed by atoms with E-state index in [1.165, 1.54) is 0 Å². The minimum Gasteiger partial charge on any atom is -0.508 e. The number of piperidine rings is 1.